The van der Waals surface area contributed by atoms with Crippen LogP contribution < -0.4 is 11.1 Å². The van der Waals surface area contributed by atoms with E-state index in [-0.39, 0.29) is 18.1 Å². The molecule has 0 aliphatic heterocycles. The lowest BCUT2D eigenvalue weighted by atomic mass is 9.92. The lowest BCUT2D eigenvalue weighted by Crippen LogP contribution is -2.37. The third-order valence-electron chi connectivity index (χ3n) is 2.58. The molecule has 1 aromatic rings. The number of rotatable bonds is 4. The zero-order valence-electron chi connectivity index (χ0n) is 10.2. The number of aromatic carboxylic acids is 1. The Morgan fingerprint density at radius 1 is 1.44 bits per heavy atom. The molecule has 6 heteroatoms. The van der Waals surface area contributed by atoms with Crippen molar-refractivity contribution >= 4 is 17.6 Å². The van der Waals surface area contributed by atoms with Crippen molar-refractivity contribution < 1.29 is 19.1 Å². The van der Waals surface area contributed by atoms with Crippen LogP contribution in [0.15, 0.2) is 18.2 Å². The van der Waals surface area contributed by atoms with Gasteiger partial charge in [0.15, 0.2) is 0 Å². The summed E-state index contributed by atoms with van der Waals surface area (Å²) in [6.07, 6.45) is 0. The van der Waals surface area contributed by atoms with E-state index in [1.54, 1.807) is 13.8 Å². The first-order valence-corrected chi connectivity index (χ1v) is 5.32. The molecule has 4 N–H and O–H groups in total. The van der Waals surface area contributed by atoms with E-state index in [9.17, 15) is 14.0 Å². The third-order valence-corrected chi connectivity index (χ3v) is 2.58. The van der Waals surface area contributed by atoms with Gasteiger partial charge in [-0.05, 0) is 32.0 Å². The first-order valence-electron chi connectivity index (χ1n) is 5.32. The van der Waals surface area contributed by atoms with E-state index < -0.39 is 22.8 Å². The Labute approximate surface area is 104 Å². The highest BCUT2D eigenvalue weighted by Crippen LogP contribution is 2.19. The molecular weight excluding hydrogens is 239 g/mol. The summed E-state index contributed by atoms with van der Waals surface area (Å²) in [6, 6.07) is 3.36. The van der Waals surface area contributed by atoms with Crippen LogP contribution in [0.25, 0.3) is 0 Å². The van der Waals surface area contributed by atoms with Crippen LogP contribution in [-0.4, -0.2) is 23.5 Å². The Balaban J connectivity index is 2.96. The number of carboxylic acid groups (broad SMARTS) is 1. The van der Waals surface area contributed by atoms with Crippen LogP contribution in [0.4, 0.5) is 10.1 Å². The fourth-order valence-corrected chi connectivity index (χ4v) is 1.16. The molecule has 1 rings (SSSR count). The molecular formula is C12H15FN2O3. The maximum Gasteiger partial charge on any atom is 0.338 e. The number of benzene rings is 1. The quantitative estimate of drug-likeness (QED) is 0.758. The van der Waals surface area contributed by atoms with E-state index in [2.05, 4.69) is 5.32 Å². The second-order valence-electron chi connectivity index (χ2n) is 4.54. The number of carboxylic acids is 1. The summed E-state index contributed by atoms with van der Waals surface area (Å²) in [5.41, 5.74) is 4.40. The van der Waals surface area contributed by atoms with Crippen LogP contribution in [0.5, 0.6) is 0 Å². The van der Waals surface area contributed by atoms with Gasteiger partial charge in [0.25, 0.3) is 0 Å². The molecule has 0 spiro atoms. The minimum Gasteiger partial charge on any atom is -0.478 e. The van der Waals surface area contributed by atoms with Crippen LogP contribution in [0.3, 0.4) is 0 Å². The Bertz CT molecular complexity index is 486. The Kier molecular flexibility index (Phi) is 4.03. The van der Waals surface area contributed by atoms with Crippen LogP contribution >= 0.6 is 0 Å². The van der Waals surface area contributed by atoms with E-state index in [4.69, 9.17) is 10.8 Å². The topological polar surface area (TPSA) is 92.4 Å². The molecule has 0 heterocycles. The highest BCUT2D eigenvalue weighted by atomic mass is 19.1. The monoisotopic (exact) mass is 254 g/mol. The molecule has 5 nitrogen and oxygen atoms in total. The number of amides is 1. The Morgan fingerprint density at radius 2 is 2.06 bits per heavy atom. The number of halogens is 1. The minimum atomic E-state index is -1.39. The summed E-state index contributed by atoms with van der Waals surface area (Å²) in [4.78, 5) is 22.5. The van der Waals surface area contributed by atoms with Crippen LogP contribution in [-0.2, 0) is 4.79 Å². The van der Waals surface area contributed by atoms with Gasteiger partial charge in [0, 0.05) is 12.2 Å². The average Bonchev–Trinajstić information content (AvgIpc) is 2.31. The molecule has 98 valence electrons. The summed E-state index contributed by atoms with van der Waals surface area (Å²) in [5.74, 6) is -2.59. The van der Waals surface area contributed by atoms with Gasteiger partial charge in [0.1, 0.15) is 5.82 Å². The summed E-state index contributed by atoms with van der Waals surface area (Å²) < 4.78 is 13.1. The summed E-state index contributed by atoms with van der Waals surface area (Å²) >= 11 is 0. The largest absolute Gasteiger partial charge is 0.478 e. The fourth-order valence-electron chi connectivity index (χ4n) is 1.16. The maximum atomic E-state index is 13.1. The van der Waals surface area contributed by atoms with Gasteiger partial charge in [-0.1, -0.05) is 0 Å². The van der Waals surface area contributed by atoms with E-state index in [1.807, 2.05) is 0 Å². The van der Waals surface area contributed by atoms with E-state index in [1.165, 1.54) is 6.07 Å². The SMILES string of the molecule is CC(C)(CN)C(=O)Nc1ccc(F)c(C(=O)O)c1. The van der Waals surface area contributed by atoms with Gasteiger partial charge in [-0.2, -0.15) is 0 Å². The van der Waals surface area contributed by atoms with Gasteiger partial charge in [0.2, 0.25) is 5.91 Å². The molecule has 0 fully saturated rings. The molecule has 0 aromatic heterocycles. The highest BCUT2D eigenvalue weighted by Gasteiger charge is 2.26. The van der Waals surface area contributed by atoms with Crippen LogP contribution in [0.2, 0.25) is 0 Å². The third kappa shape index (κ3) is 3.04. The molecule has 0 saturated carbocycles. The second-order valence-corrected chi connectivity index (χ2v) is 4.54. The maximum absolute atomic E-state index is 13.1. The van der Waals surface area contributed by atoms with Crippen LogP contribution in [0.1, 0.15) is 24.2 Å². The number of hydrogen-bond acceptors (Lipinski definition) is 3. The number of hydrogen-bond donors (Lipinski definition) is 3. The smallest absolute Gasteiger partial charge is 0.338 e. The van der Waals surface area contributed by atoms with Crippen molar-refractivity contribution in [2.75, 3.05) is 11.9 Å². The highest BCUT2D eigenvalue weighted by molar-refractivity contribution is 5.96. The lowest BCUT2D eigenvalue weighted by molar-refractivity contribution is -0.123. The van der Waals surface area contributed by atoms with Crippen molar-refractivity contribution in [1.82, 2.24) is 0 Å². The zero-order valence-corrected chi connectivity index (χ0v) is 10.2. The summed E-state index contributed by atoms with van der Waals surface area (Å²) in [7, 11) is 0. The van der Waals surface area contributed by atoms with Crippen molar-refractivity contribution in [2.24, 2.45) is 11.1 Å². The van der Waals surface area contributed by atoms with E-state index >= 15 is 0 Å². The molecule has 1 aromatic carbocycles. The summed E-state index contributed by atoms with van der Waals surface area (Å²) in [6.45, 7) is 3.46. The van der Waals surface area contributed by atoms with Crippen molar-refractivity contribution in [3.8, 4) is 0 Å². The molecule has 0 aliphatic carbocycles. The molecule has 0 aliphatic rings. The first-order chi connectivity index (χ1) is 8.27. The first kappa shape index (κ1) is 14.1. The zero-order chi connectivity index (χ0) is 13.9. The molecule has 18 heavy (non-hydrogen) atoms. The molecule has 0 bridgehead atoms. The standard InChI is InChI=1S/C12H15FN2O3/c1-12(2,6-14)11(18)15-7-3-4-9(13)8(5-7)10(16)17/h3-5H,6,14H2,1-2H3,(H,15,18)(H,16,17). The number of anilines is 1. The van der Waals surface area contributed by atoms with Gasteiger partial charge in [-0.25, -0.2) is 9.18 Å². The van der Waals surface area contributed by atoms with Gasteiger partial charge in [-0.15, -0.1) is 0 Å². The van der Waals surface area contributed by atoms with Gasteiger partial charge in [0.05, 0.1) is 11.0 Å². The lowest BCUT2D eigenvalue weighted by Gasteiger charge is -2.21. The fraction of sp³-hybridized carbons (Fsp3) is 0.333. The van der Waals surface area contributed by atoms with Crippen molar-refractivity contribution in [1.29, 1.82) is 0 Å². The van der Waals surface area contributed by atoms with Crippen LogP contribution in [0, 0.1) is 11.2 Å². The Morgan fingerprint density at radius 3 is 2.56 bits per heavy atom. The van der Waals surface area contributed by atoms with Gasteiger partial charge >= 0.3 is 5.97 Å². The predicted molar refractivity (Wildman–Crippen MR) is 64.8 cm³/mol. The minimum absolute atomic E-state index is 0.145. The molecule has 0 saturated heterocycles. The number of nitrogens with two attached hydrogens (primary N) is 1. The number of carbonyl (C=O) groups excluding carboxylic acids is 1. The predicted octanol–water partition coefficient (Wildman–Crippen LogP) is 1.45. The normalized spacial score (nSPS) is 11.1. The van der Waals surface area contributed by atoms with Crippen molar-refractivity contribution in [3.05, 3.63) is 29.6 Å². The molecule has 0 unspecified atom stereocenters. The Hall–Kier alpha value is -1.95. The van der Waals surface area contributed by atoms with Gasteiger partial charge in [-0.3, -0.25) is 4.79 Å². The van der Waals surface area contributed by atoms with Crippen molar-refractivity contribution in [2.45, 2.75) is 13.8 Å². The number of nitrogens with one attached hydrogen (secondary N) is 1. The second kappa shape index (κ2) is 5.14. The van der Waals surface area contributed by atoms with Crippen molar-refractivity contribution in [3.63, 3.8) is 0 Å². The van der Waals surface area contributed by atoms with E-state index in [0.29, 0.717) is 0 Å². The number of carbonyl (C=O) groups is 2. The van der Waals surface area contributed by atoms with Gasteiger partial charge < -0.3 is 16.2 Å². The average molecular weight is 254 g/mol. The molecule has 0 atom stereocenters. The summed E-state index contributed by atoms with van der Waals surface area (Å²) in [5, 5.41) is 11.3. The van der Waals surface area contributed by atoms with E-state index in [0.717, 1.165) is 12.1 Å². The molecule has 0 radical (unpaired) electrons. The molecule has 1 amide bonds.